The van der Waals surface area contributed by atoms with Crippen LogP contribution in [0.5, 0.6) is 5.75 Å². The van der Waals surface area contributed by atoms with Crippen molar-refractivity contribution in [2.24, 2.45) is 0 Å². The highest BCUT2D eigenvalue weighted by molar-refractivity contribution is 5.98. The van der Waals surface area contributed by atoms with Gasteiger partial charge in [-0.3, -0.25) is 4.79 Å². The van der Waals surface area contributed by atoms with Crippen LogP contribution in [-0.2, 0) is 6.42 Å². The molecule has 160 valence electrons. The highest BCUT2D eigenvalue weighted by Gasteiger charge is 2.19. The molecule has 0 aliphatic carbocycles. The Bertz CT molecular complexity index is 603. The third-order valence-corrected chi connectivity index (χ3v) is 5.25. The van der Waals surface area contributed by atoms with Gasteiger partial charge in [0.25, 0.3) is 0 Å². The van der Waals surface area contributed by atoms with Crippen LogP contribution in [0.15, 0.2) is 15.3 Å². The van der Waals surface area contributed by atoms with Gasteiger partial charge in [-0.25, -0.2) is 4.79 Å². The SMILES string of the molecule is CCCCCCCCCc1cc(OC)c(C(=O)CCCCCCCC)c(=O)o1. The third-order valence-electron chi connectivity index (χ3n) is 5.25. The number of ether oxygens (including phenoxy) is 1. The molecule has 0 unspecified atom stereocenters. The number of methoxy groups -OCH3 is 1. The van der Waals surface area contributed by atoms with E-state index in [1.165, 1.54) is 58.5 Å². The lowest BCUT2D eigenvalue weighted by molar-refractivity contribution is 0.0971. The van der Waals surface area contributed by atoms with E-state index in [1.807, 2.05) is 0 Å². The fourth-order valence-electron chi connectivity index (χ4n) is 3.50. The zero-order chi connectivity index (χ0) is 20.6. The molecule has 0 aliphatic heterocycles. The van der Waals surface area contributed by atoms with Crippen LogP contribution in [0.3, 0.4) is 0 Å². The molecule has 0 spiro atoms. The van der Waals surface area contributed by atoms with Crippen molar-refractivity contribution in [2.75, 3.05) is 7.11 Å². The number of unbranched alkanes of at least 4 members (excludes halogenated alkanes) is 11. The Hall–Kier alpha value is -1.58. The van der Waals surface area contributed by atoms with Gasteiger partial charge in [0.05, 0.1) is 7.11 Å². The number of carbonyl (C=O) groups excluding carboxylic acids is 1. The van der Waals surface area contributed by atoms with Crippen molar-refractivity contribution in [2.45, 2.75) is 110 Å². The minimum atomic E-state index is -0.548. The molecular formula is C24H40O4. The van der Waals surface area contributed by atoms with Crippen molar-refractivity contribution >= 4 is 5.78 Å². The monoisotopic (exact) mass is 392 g/mol. The smallest absolute Gasteiger partial charge is 0.350 e. The molecule has 4 heteroatoms. The largest absolute Gasteiger partial charge is 0.496 e. The lowest BCUT2D eigenvalue weighted by Crippen LogP contribution is -2.17. The molecule has 0 amide bonds. The number of ketones is 1. The van der Waals surface area contributed by atoms with E-state index in [0.29, 0.717) is 24.4 Å². The van der Waals surface area contributed by atoms with E-state index in [4.69, 9.17) is 9.15 Å². The maximum atomic E-state index is 12.5. The van der Waals surface area contributed by atoms with Gasteiger partial charge < -0.3 is 9.15 Å². The molecule has 0 radical (unpaired) electrons. The summed E-state index contributed by atoms with van der Waals surface area (Å²) in [7, 11) is 1.51. The first-order valence-electron chi connectivity index (χ1n) is 11.4. The molecule has 0 bridgehead atoms. The highest BCUT2D eigenvalue weighted by atomic mass is 16.5. The minimum Gasteiger partial charge on any atom is -0.496 e. The summed E-state index contributed by atoms with van der Waals surface area (Å²) in [5, 5.41) is 0. The summed E-state index contributed by atoms with van der Waals surface area (Å²) < 4.78 is 10.8. The van der Waals surface area contributed by atoms with Gasteiger partial charge in [0.2, 0.25) is 0 Å². The molecule has 0 saturated carbocycles. The Kier molecular flexibility index (Phi) is 13.4. The van der Waals surface area contributed by atoms with Crippen molar-refractivity contribution in [3.63, 3.8) is 0 Å². The molecular weight excluding hydrogens is 352 g/mol. The molecule has 1 heterocycles. The lowest BCUT2D eigenvalue weighted by atomic mass is 10.0. The van der Waals surface area contributed by atoms with Crippen LogP contribution in [0.4, 0.5) is 0 Å². The molecule has 4 nitrogen and oxygen atoms in total. The predicted octanol–water partition coefficient (Wildman–Crippen LogP) is 6.87. The molecule has 28 heavy (non-hydrogen) atoms. The summed E-state index contributed by atoms with van der Waals surface area (Å²) in [6.45, 7) is 4.41. The van der Waals surface area contributed by atoms with Crippen LogP contribution in [0.2, 0.25) is 0 Å². The second-order valence-electron chi connectivity index (χ2n) is 7.76. The van der Waals surface area contributed by atoms with E-state index >= 15 is 0 Å². The quantitative estimate of drug-likeness (QED) is 0.214. The Morgan fingerprint density at radius 2 is 1.39 bits per heavy atom. The molecule has 0 saturated heterocycles. The van der Waals surface area contributed by atoms with Gasteiger partial charge in [0.15, 0.2) is 5.78 Å². The number of hydrogen-bond acceptors (Lipinski definition) is 4. The van der Waals surface area contributed by atoms with Crippen LogP contribution >= 0.6 is 0 Å². The van der Waals surface area contributed by atoms with E-state index in [2.05, 4.69) is 13.8 Å². The van der Waals surface area contributed by atoms with Crippen molar-refractivity contribution in [1.29, 1.82) is 0 Å². The zero-order valence-corrected chi connectivity index (χ0v) is 18.3. The number of hydrogen-bond donors (Lipinski definition) is 0. The number of aryl methyl sites for hydroxylation is 1. The summed E-state index contributed by atoms with van der Waals surface area (Å²) in [5.74, 6) is 0.820. The van der Waals surface area contributed by atoms with E-state index in [-0.39, 0.29) is 11.3 Å². The molecule has 0 N–H and O–H groups in total. The van der Waals surface area contributed by atoms with Crippen LogP contribution in [0.25, 0.3) is 0 Å². The molecule has 0 aliphatic rings. The van der Waals surface area contributed by atoms with Crippen LogP contribution < -0.4 is 10.4 Å². The normalized spacial score (nSPS) is 11.0. The maximum Gasteiger partial charge on any atom is 0.350 e. The standard InChI is InChI=1S/C24H40O4/c1-4-6-8-10-12-13-15-17-20-19-22(27-3)23(24(26)28-20)21(25)18-16-14-11-9-7-5-2/h19H,4-18H2,1-3H3. The number of Topliss-reactive ketones (excluding diaryl/α,β-unsaturated/α-hetero) is 1. The summed E-state index contributed by atoms with van der Waals surface area (Å²) in [6, 6.07) is 1.73. The first-order chi connectivity index (χ1) is 13.6. The summed E-state index contributed by atoms with van der Waals surface area (Å²) in [5.41, 5.74) is -0.465. The average Bonchev–Trinajstić information content (AvgIpc) is 2.69. The molecule has 1 aromatic rings. The number of rotatable bonds is 17. The van der Waals surface area contributed by atoms with Gasteiger partial charge in [-0.2, -0.15) is 0 Å². The Morgan fingerprint density at radius 1 is 0.857 bits per heavy atom. The fourth-order valence-corrected chi connectivity index (χ4v) is 3.50. The summed E-state index contributed by atoms with van der Waals surface area (Å²) in [6.07, 6.45) is 16.2. The van der Waals surface area contributed by atoms with Crippen LogP contribution in [-0.4, -0.2) is 12.9 Å². The van der Waals surface area contributed by atoms with Crippen LogP contribution in [0.1, 0.15) is 120 Å². The van der Waals surface area contributed by atoms with Gasteiger partial charge >= 0.3 is 5.63 Å². The van der Waals surface area contributed by atoms with E-state index in [0.717, 1.165) is 32.1 Å². The molecule has 1 aromatic heterocycles. The van der Waals surface area contributed by atoms with Gasteiger partial charge in [0.1, 0.15) is 17.1 Å². The third kappa shape index (κ3) is 9.57. The lowest BCUT2D eigenvalue weighted by Gasteiger charge is -2.09. The first-order valence-corrected chi connectivity index (χ1v) is 11.4. The van der Waals surface area contributed by atoms with Crippen molar-refractivity contribution in [3.05, 3.63) is 27.8 Å². The van der Waals surface area contributed by atoms with Crippen molar-refractivity contribution in [1.82, 2.24) is 0 Å². The Balaban J connectivity index is 2.50. The molecule has 1 rings (SSSR count). The van der Waals surface area contributed by atoms with E-state index < -0.39 is 5.63 Å². The van der Waals surface area contributed by atoms with Crippen LogP contribution in [0, 0.1) is 0 Å². The van der Waals surface area contributed by atoms with E-state index in [9.17, 15) is 9.59 Å². The van der Waals surface area contributed by atoms with Gasteiger partial charge in [-0.15, -0.1) is 0 Å². The molecule has 0 atom stereocenters. The molecule has 0 fully saturated rings. The number of carbonyl (C=O) groups is 1. The highest BCUT2D eigenvalue weighted by Crippen LogP contribution is 2.21. The predicted molar refractivity (Wildman–Crippen MR) is 116 cm³/mol. The van der Waals surface area contributed by atoms with Gasteiger partial charge in [-0.1, -0.05) is 84.5 Å². The Labute approximate surface area is 171 Å². The van der Waals surface area contributed by atoms with Crippen molar-refractivity contribution < 1.29 is 13.9 Å². The maximum absolute atomic E-state index is 12.5. The average molecular weight is 393 g/mol. The second kappa shape index (κ2) is 15.4. The zero-order valence-electron chi connectivity index (χ0n) is 18.3. The fraction of sp³-hybridized carbons (Fsp3) is 0.750. The van der Waals surface area contributed by atoms with E-state index in [1.54, 1.807) is 6.07 Å². The topological polar surface area (TPSA) is 56.5 Å². The van der Waals surface area contributed by atoms with Gasteiger partial charge in [0, 0.05) is 18.9 Å². The Morgan fingerprint density at radius 3 is 1.96 bits per heavy atom. The summed E-state index contributed by atoms with van der Waals surface area (Å²) in [4.78, 5) is 24.9. The second-order valence-corrected chi connectivity index (χ2v) is 7.76. The molecule has 0 aromatic carbocycles. The van der Waals surface area contributed by atoms with Gasteiger partial charge in [-0.05, 0) is 12.8 Å². The first kappa shape index (κ1) is 24.5. The minimum absolute atomic E-state index is 0.0828. The van der Waals surface area contributed by atoms with Crippen molar-refractivity contribution in [3.8, 4) is 5.75 Å². The summed E-state index contributed by atoms with van der Waals surface area (Å²) >= 11 is 0.